The fourth-order valence-electron chi connectivity index (χ4n) is 2.11. The van der Waals surface area contributed by atoms with Gasteiger partial charge in [-0.25, -0.2) is 4.39 Å². The Balaban J connectivity index is 1.70. The molecule has 0 aromatic heterocycles. The summed E-state index contributed by atoms with van der Waals surface area (Å²) < 4.78 is 18.6. The van der Waals surface area contributed by atoms with Crippen molar-refractivity contribution in [3.05, 3.63) is 65.5 Å². The van der Waals surface area contributed by atoms with E-state index in [2.05, 4.69) is 12.2 Å². The number of ether oxygens (including phenoxy) is 1. The number of hydrogen-bond donors (Lipinski definition) is 1. The maximum absolute atomic E-state index is 13.0. The lowest BCUT2D eigenvalue weighted by Gasteiger charge is -2.09. The zero-order valence-electron chi connectivity index (χ0n) is 12.6. The van der Waals surface area contributed by atoms with Gasteiger partial charge in [0, 0.05) is 0 Å². The molecular weight excluding hydrogens is 281 g/mol. The van der Waals surface area contributed by atoms with E-state index in [1.165, 1.54) is 17.7 Å². The van der Waals surface area contributed by atoms with E-state index in [1.54, 1.807) is 12.1 Å². The lowest BCUT2D eigenvalue weighted by atomic mass is 10.1. The molecule has 4 heteroatoms. The van der Waals surface area contributed by atoms with Crippen LogP contribution in [-0.4, -0.2) is 19.1 Å². The highest BCUT2D eigenvalue weighted by Gasteiger charge is 2.04. The molecule has 0 aliphatic carbocycles. The van der Waals surface area contributed by atoms with Crippen LogP contribution in [0.4, 0.5) is 4.39 Å². The summed E-state index contributed by atoms with van der Waals surface area (Å²) in [5, 5.41) is 2.76. The average molecular weight is 301 g/mol. The molecule has 2 aromatic carbocycles. The molecule has 0 saturated carbocycles. The lowest BCUT2D eigenvalue weighted by molar-refractivity contribution is -0.120. The third kappa shape index (κ3) is 5.20. The van der Waals surface area contributed by atoms with E-state index in [4.69, 9.17) is 4.74 Å². The number of rotatable bonds is 7. The van der Waals surface area contributed by atoms with Gasteiger partial charge in [-0.05, 0) is 41.8 Å². The molecule has 0 radical (unpaired) electrons. The summed E-state index contributed by atoms with van der Waals surface area (Å²) in [6.07, 6.45) is 1.13. The fraction of sp³-hybridized carbons (Fsp3) is 0.278. The second kappa shape index (κ2) is 8.17. The van der Waals surface area contributed by atoms with Crippen molar-refractivity contribution in [3.8, 4) is 5.75 Å². The highest BCUT2D eigenvalue weighted by atomic mass is 19.1. The molecule has 0 saturated heterocycles. The van der Waals surface area contributed by atoms with Gasteiger partial charge in [-0.3, -0.25) is 4.79 Å². The molecule has 0 bridgehead atoms. The summed E-state index contributed by atoms with van der Waals surface area (Å²) >= 11 is 0. The number of aryl methyl sites for hydroxylation is 1. The molecule has 1 amide bonds. The van der Waals surface area contributed by atoms with Crippen molar-refractivity contribution in [2.75, 3.05) is 13.2 Å². The van der Waals surface area contributed by atoms with E-state index in [-0.39, 0.29) is 18.1 Å². The van der Waals surface area contributed by atoms with Crippen molar-refractivity contribution in [2.24, 2.45) is 0 Å². The molecule has 3 nitrogen and oxygen atoms in total. The Hall–Kier alpha value is -2.36. The van der Waals surface area contributed by atoms with Gasteiger partial charge in [0.1, 0.15) is 18.2 Å². The average Bonchev–Trinajstić information content (AvgIpc) is 2.52. The van der Waals surface area contributed by atoms with Gasteiger partial charge in [0.05, 0.1) is 13.0 Å². The first-order chi connectivity index (χ1) is 10.7. The van der Waals surface area contributed by atoms with Gasteiger partial charge < -0.3 is 10.1 Å². The number of amides is 1. The molecule has 22 heavy (non-hydrogen) atoms. The van der Waals surface area contributed by atoms with E-state index in [0.717, 1.165) is 12.2 Å². The maximum Gasteiger partial charge on any atom is 0.224 e. The van der Waals surface area contributed by atoms with E-state index in [9.17, 15) is 9.18 Å². The van der Waals surface area contributed by atoms with Gasteiger partial charge in [0.15, 0.2) is 0 Å². The predicted octanol–water partition coefficient (Wildman–Crippen LogP) is 3.13. The summed E-state index contributed by atoms with van der Waals surface area (Å²) in [5.74, 6) is 0.333. The summed E-state index contributed by atoms with van der Waals surface area (Å²) in [6, 6.07) is 14.0. The van der Waals surface area contributed by atoms with Gasteiger partial charge in [0.2, 0.25) is 5.91 Å². The monoisotopic (exact) mass is 301 g/mol. The molecule has 0 heterocycles. The smallest absolute Gasteiger partial charge is 0.224 e. The van der Waals surface area contributed by atoms with Crippen molar-refractivity contribution >= 4 is 5.91 Å². The van der Waals surface area contributed by atoms with Crippen LogP contribution >= 0.6 is 0 Å². The van der Waals surface area contributed by atoms with Gasteiger partial charge in [0.25, 0.3) is 0 Å². The topological polar surface area (TPSA) is 38.3 Å². The molecule has 2 aromatic rings. The Labute approximate surface area is 130 Å². The van der Waals surface area contributed by atoms with E-state index >= 15 is 0 Å². The second-order valence-corrected chi connectivity index (χ2v) is 5.01. The number of hydrogen-bond acceptors (Lipinski definition) is 2. The molecule has 0 unspecified atom stereocenters. The quantitative estimate of drug-likeness (QED) is 0.798. The standard InChI is InChI=1S/C18H20FNO2/c1-2-14-5-4-8-17(12-14)22-10-9-20-18(21)13-15-6-3-7-16(19)11-15/h3-8,11-12H,2,9-10,13H2,1H3,(H,20,21). The van der Waals surface area contributed by atoms with Crippen molar-refractivity contribution < 1.29 is 13.9 Å². The van der Waals surface area contributed by atoms with Crippen molar-refractivity contribution in [1.29, 1.82) is 0 Å². The highest BCUT2D eigenvalue weighted by molar-refractivity contribution is 5.78. The van der Waals surface area contributed by atoms with Crippen LogP contribution in [-0.2, 0) is 17.6 Å². The number of halogens is 1. The van der Waals surface area contributed by atoms with Crippen LogP contribution in [0.25, 0.3) is 0 Å². The number of benzene rings is 2. The minimum Gasteiger partial charge on any atom is -0.492 e. The Kier molecular flexibility index (Phi) is 5.95. The first kappa shape index (κ1) is 16.0. The molecule has 2 rings (SSSR count). The van der Waals surface area contributed by atoms with Gasteiger partial charge in [-0.2, -0.15) is 0 Å². The number of nitrogens with one attached hydrogen (secondary N) is 1. The number of carbonyl (C=O) groups is 1. The van der Waals surface area contributed by atoms with Crippen molar-refractivity contribution in [1.82, 2.24) is 5.32 Å². The zero-order valence-corrected chi connectivity index (χ0v) is 12.6. The second-order valence-electron chi connectivity index (χ2n) is 5.01. The molecule has 1 N–H and O–H groups in total. The van der Waals surface area contributed by atoms with Crippen LogP contribution < -0.4 is 10.1 Å². The van der Waals surface area contributed by atoms with E-state index < -0.39 is 0 Å². The molecule has 0 aliphatic heterocycles. The van der Waals surface area contributed by atoms with Crippen LogP contribution in [0, 0.1) is 5.82 Å². The Morgan fingerprint density at radius 1 is 1.14 bits per heavy atom. The summed E-state index contributed by atoms with van der Waals surface area (Å²) in [7, 11) is 0. The third-order valence-electron chi connectivity index (χ3n) is 3.25. The Morgan fingerprint density at radius 2 is 1.91 bits per heavy atom. The van der Waals surface area contributed by atoms with Gasteiger partial charge in [-0.1, -0.05) is 31.2 Å². The van der Waals surface area contributed by atoms with Crippen molar-refractivity contribution in [2.45, 2.75) is 19.8 Å². The molecule has 0 atom stereocenters. The minimum absolute atomic E-state index is 0.142. The first-order valence-corrected chi connectivity index (χ1v) is 7.40. The Bertz CT molecular complexity index is 628. The largest absolute Gasteiger partial charge is 0.492 e. The van der Waals surface area contributed by atoms with E-state index in [1.807, 2.05) is 24.3 Å². The van der Waals surface area contributed by atoms with Crippen LogP contribution in [0.2, 0.25) is 0 Å². The maximum atomic E-state index is 13.0. The van der Waals surface area contributed by atoms with E-state index in [0.29, 0.717) is 18.7 Å². The first-order valence-electron chi connectivity index (χ1n) is 7.40. The third-order valence-corrected chi connectivity index (χ3v) is 3.25. The highest BCUT2D eigenvalue weighted by Crippen LogP contribution is 2.13. The summed E-state index contributed by atoms with van der Waals surface area (Å²) in [6.45, 7) is 2.91. The normalized spacial score (nSPS) is 10.3. The molecule has 0 aliphatic rings. The van der Waals surface area contributed by atoms with Crippen LogP contribution in [0.1, 0.15) is 18.1 Å². The van der Waals surface area contributed by atoms with Crippen LogP contribution in [0.5, 0.6) is 5.75 Å². The fourth-order valence-corrected chi connectivity index (χ4v) is 2.11. The van der Waals surface area contributed by atoms with Crippen molar-refractivity contribution in [3.63, 3.8) is 0 Å². The zero-order chi connectivity index (χ0) is 15.8. The molecule has 116 valence electrons. The van der Waals surface area contributed by atoms with Gasteiger partial charge in [-0.15, -0.1) is 0 Å². The predicted molar refractivity (Wildman–Crippen MR) is 84.4 cm³/mol. The van der Waals surface area contributed by atoms with Crippen LogP contribution in [0.15, 0.2) is 48.5 Å². The lowest BCUT2D eigenvalue weighted by Crippen LogP contribution is -2.29. The number of carbonyl (C=O) groups excluding carboxylic acids is 1. The van der Waals surface area contributed by atoms with Gasteiger partial charge >= 0.3 is 0 Å². The minimum atomic E-state index is -0.329. The van der Waals surface area contributed by atoms with Crippen LogP contribution in [0.3, 0.4) is 0 Å². The summed E-state index contributed by atoms with van der Waals surface area (Å²) in [4.78, 5) is 11.7. The summed E-state index contributed by atoms with van der Waals surface area (Å²) in [5.41, 5.74) is 1.88. The molecule has 0 fully saturated rings. The Morgan fingerprint density at radius 3 is 2.68 bits per heavy atom. The SMILES string of the molecule is CCc1cccc(OCCNC(=O)Cc2cccc(F)c2)c1. The molecular formula is C18H20FNO2. The molecule has 0 spiro atoms.